The molecule has 0 fully saturated rings. The minimum atomic E-state index is -0.238. The predicted octanol–water partition coefficient (Wildman–Crippen LogP) is 5.59. The first-order valence-electron chi connectivity index (χ1n) is 7.35. The quantitative estimate of drug-likeness (QED) is 0.536. The van der Waals surface area contributed by atoms with Gasteiger partial charge in [0, 0.05) is 15.7 Å². The second-order valence-corrected chi connectivity index (χ2v) is 7.30. The van der Waals surface area contributed by atoms with Gasteiger partial charge in [0.1, 0.15) is 12.4 Å². The van der Waals surface area contributed by atoms with Crippen LogP contribution in [0.5, 0.6) is 0 Å². The van der Waals surface area contributed by atoms with E-state index in [1.165, 1.54) is 11.0 Å². The van der Waals surface area contributed by atoms with Gasteiger partial charge in [0.05, 0.1) is 0 Å². The van der Waals surface area contributed by atoms with E-state index < -0.39 is 0 Å². The Morgan fingerprint density at radius 3 is 2.77 bits per heavy atom. The van der Waals surface area contributed by atoms with Gasteiger partial charge in [-0.15, -0.1) is 11.8 Å². The Morgan fingerprint density at radius 2 is 2.00 bits per heavy atom. The summed E-state index contributed by atoms with van der Waals surface area (Å²) in [7, 11) is 0. The normalized spacial score (nSPS) is 14.6. The summed E-state index contributed by atoms with van der Waals surface area (Å²) >= 11 is 7.18. The first kappa shape index (κ1) is 15.5. The molecular weight excluding hydrogens is 315 g/mol. The topological polar surface area (TPSA) is 9.23 Å². The number of thioether (sulfide) groups is 1. The first-order valence-corrected chi connectivity index (χ1v) is 8.64. The lowest BCUT2D eigenvalue weighted by molar-refractivity contribution is 0.304. The summed E-state index contributed by atoms with van der Waals surface area (Å²) in [5, 5.41) is 1.02. The molecule has 1 unspecified atom stereocenters. The monoisotopic (exact) mass is 332 g/mol. The summed E-state index contributed by atoms with van der Waals surface area (Å²) in [4.78, 5) is 1.17. The van der Waals surface area contributed by atoms with Crippen LogP contribution < -0.4 is 0 Å². The molecule has 0 saturated carbocycles. The highest BCUT2D eigenvalue weighted by Gasteiger charge is 2.20. The van der Waals surface area contributed by atoms with E-state index in [4.69, 9.17) is 17.0 Å². The van der Waals surface area contributed by atoms with Crippen LogP contribution in [0.3, 0.4) is 0 Å². The lowest BCUT2D eigenvalue weighted by Gasteiger charge is -2.13. The van der Waals surface area contributed by atoms with Crippen LogP contribution >= 0.6 is 24.0 Å². The Hall–Kier alpha value is -1.39. The van der Waals surface area contributed by atoms with Crippen molar-refractivity contribution in [3.63, 3.8) is 0 Å². The van der Waals surface area contributed by atoms with Gasteiger partial charge in [0.2, 0.25) is 0 Å². The Kier molecular flexibility index (Phi) is 4.50. The maximum atomic E-state index is 13.7. The molecule has 0 saturated heterocycles. The van der Waals surface area contributed by atoms with Gasteiger partial charge >= 0.3 is 0 Å². The molecule has 0 N–H and O–H groups in total. The van der Waals surface area contributed by atoms with Crippen molar-refractivity contribution in [3.05, 3.63) is 53.3 Å². The van der Waals surface area contributed by atoms with Crippen molar-refractivity contribution in [3.8, 4) is 11.1 Å². The van der Waals surface area contributed by atoms with Crippen molar-refractivity contribution in [1.29, 1.82) is 0 Å². The minimum absolute atomic E-state index is 0.238. The summed E-state index contributed by atoms with van der Waals surface area (Å²) in [6.07, 6.45) is 1.11. The fraction of sp³-hybridized carbons (Fsp3) is 0.278. The molecule has 1 aliphatic heterocycles. The van der Waals surface area contributed by atoms with Crippen molar-refractivity contribution in [2.75, 3.05) is 0 Å². The number of fused-ring (bicyclic) bond motifs is 3. The van der Waals surface area contributed by atoms with Gasteiger partial charge in [-0.3, -0.25) is 0 Å². The highest BCUT2D eigenvalue weighted by atomic mass is 32.2. The molecule has 0 aliphatic carbocycles. The fourth-order valence-electron chi connectivity index (χ4n) is 2.46. The molecule has 22 heavy (non-hydrogen) atoms. The van der Waals surface area contributed by atoms with Crippen molar-refractivity contribution >= 4 is 29.0 Å². The zero-order valence-electron chi connectivity index (χ0n) is 12.6. The molecule has 1 atom stereocenters. The Morgan fingerprint density at radius 1 is 1.18 bits per heavy atom. The van der Waals surface area contributed by atoms with Crippen LogP contribution in [0.1, 0.15) is 31.4 Å². The van der Waals surface area contributed by atoms with Crippen molar-refractivity contribution in [2.45, 2.75) is 37.0 Å². The van der Waals surface area contributed by atoms with E-state index in [0.717, 1.165) is 28.7 Å². The van der Waals surface area contributed by atoms with E-state index in [9.17, 15) is 4.39 Å². The van der Waals surface area contributed by atoms with E-state index in [1.54, 1.807) is 12.1 Å². The molecule has 4 heteroatoms. The van der Waals surface area contributed by atoms with E-state index >= 15 is 0 Å². The number of halogens is 1. The van der Waals surface area contributed by atoms with Crippen LogP contribution in [0.15, 0.2) is 41.3 Å². The van der Waals surface area contributed by atoms with Crippen LogP contribution in [0.2, 0.25) is 0 Å². The lowest BCUT2D eigenvalue weighted by Crippen LogP contribution is -2.01. The van der Waals surface area contributed by atoms with E-state index in [2.05, 4.69) is 26.0 Å². The smallest absolute Gasteiger partial charge is 0.192 e. The molecule has 2 aromatic carbocycles. The van der Waals surface area contributed by atoms with Gasteiger partial charge in [-0.1, -0.05) is 19.9 Å². The number of ether oxygens (including phenoxy) is 1. The Labute approximate surface area is 139 Å². The third kappa shape index (κ3) is 3.03. The summed E-state index contributed by atoms with van der Waals surface area (Å²) in [5.41, 5.74) is 3.67. The standard InChI is InChI=1S/C18H17FOS2/c1-3-11(2)22-14-6-7-15-17(9-14)16-8-13(19)5-4-12(16)10-20-18(15)21/h4-9,11H,3,10H2,1-2H3. The number of hydrogen-bond donors (Lipinski definition) is 0. The van der Waals surface area contributed by atoms with E-state index in [1.807, 2.05) is 17.8 Å². The zero-order chi connectivity index (χ0) is 15.7. The van der Waals surface area contributed by atoms with Crippen LogP contribution in [-0.2, 0) is 11.3 Å². The van der Waals surface area contributed by atoms with Gasteiger partial charge in [-0.25, -0.2) is 4.39 Å². The number of thiocarbonyl (C=S) groups is 1. The van der Waals surface area contributed by atoms with Gasteiger partial charge in [0.15, 0.2) is 5.05 Å². The molecule has 0 radical (unpaired) electrons. The Balaban J connectivity index is 2.13. The molecule has 0 spiro atoms. The van der Waals surface area contributed by atoms with E-state index in [-0.39, 0.29) is 5.82 Å². The lowest BCUT2D eigenvalue weighted by atomic mass is 9.96. The molecule has 1 aliphatic rings. The molecule has 114 valence electrons. The van der Waals surface area contributed by atoms with Gasteiger partial charge in [0.25, 0.3) is 0 Å². The average molecular weight is 332 g/mol. The number of hydrogen-bond acceptors (Lipinski definition) is 3. The average Bonchev–Trinajstić information content (AvgIpc) is 2.65. The van der Waals surface area contributed by atoms with Gasteiger partial charge < -0.3 is 4.74 Å². The fourth-order valence-corrected chi connectivity index (χ4v) is 3.66. The highest BCUT2D eigenvalue weighted by Crippen LogP contribution is 2.36. The molecule has 2 aromatic rings. The molecule has 0 aromatic heterocycles. The third-order valence-electron chi connectivity index (χ3n) is 3.84. The van der Waals surface area contributed by atoms with Gasteiger partial charge in [-0.2, -0.15) is 0 Å². The molecule has 0 bridgehead atoms. The predicted molar refractivity (Wildman–Crippen MR) is 93.9 cm³/mol. The maximum absolute atomic E-state index is 13.7. The maximum Gasteiger partial charge on any atom is 0.192 e. The molecule has 1 heterocycles. The van der Waals surface area contributed by atoms with Crippen LogP contribution in [0, 0.1) is 5.82 Å². The summed E-state index contributed by atoms with van der Waals surface area (Å²) in [6.45, 7) is 4.77. The molecule has 1 nitrogen and oxygen atoms in total. The van der Waals surface area contributed by atoms with Crippen molar-refractivity contribution < 1.29 is 9.13 Å². The zero-order valence-corrected chi connectivity index (χ0v) is 14.2. The van der Waals surface area contributed by atoms with Crippen LogP contribution in [0.4, 0.5) is 4.39 Å². The van der Waals surface area contributed by atoms with E-state index in [0.29, 0.717) is 16.9 Å². The second-order valence-electron chi connectivity index (χ2n) is 5.42. The third-order valence-corrected chi connectivity index (χ3v) is 5.44. The molecular formula is C18H17FOS2. The van der Waals surface area contributed by atoms with Crippen molar-refractivity contribution in [2.24, 2.45) is 0 Å². The van der Waals surface area contributed by atoms with Crippen LogP contribution in [0.25, 0.3) is 11.1 Å². The molecule has 3 rings (SSSR count). The summed E-state index contributed by atoms with van der Waals surface area (Å²) in [5.74, 6) is -0.238. The van der Waals surface area contributed by atoms with Crippen molar-refractivity contribution in [1.82, 2.24) is 0 Å². The number of benzene rings is 2. The summed E-state index contributed by atoms with van der Waals surface area (Å²) < 4.78 is 19.3. The first-order chi connectivity index (χ1) is 10.6. The highest BCUT2D eigenvalue weighted by molar-refractivity contribution is 8.00. The number of rotatable bonds is 3. The largest absolute Gasteiger partial charge is 0.478 e. The second kappa shape index (κ2) is 6.39. The SMILES string of the molecule is CCC(C)Sc1ccc2c(c1)-c1cc(F)ccc1COC2=S. The summed E-state index contributed by atoms with van der Waals surface area (Å²) in [6, 6.07) is 11.0. The molecule has 0 amide bonds. The van der Waals surface area contributed by atoms with Crippen LogP contribution in [-0.4, -0.2) is 10.3 Å². The Bertz CT molecular complexity index is 727. The minimum Gasteiger partial charge on any atom is -0.478 e. The van der Waals surface area contributed by atoms with Gasteiger partial charge in [-0.05, 0) is 65.7 Å².